The molecule has 0 radical (unpaired) electrons. The summed E-state index contributed by atoms with van der Waals surface area (Å²) in [6, 6.07) is 2.09. The van der Waals surface area contributed by atoms with Gasteiger partial charge in [-0.25, -0.2) is 0 Å². The van der Waals surface area contributed by atoms with Crippen molar-refractivity contribution in [2.45, 2.75) is 47.2 Å². The first-order chi connectivity index (χ1) is 10.8. The molecule has 0 unspecified atom stereocenters. The van der Waals surface area contributed by atoms with E-state index in [2.05, 4.69) is 35.1 Å². The average Bonchev–Trinajstić information content (AvgIpc) is 2.97. The van der Waals surface area contributed by atoms with E-state index in [4.69, 9.17) is 12.2 Å². The van der Waals surface area contributed by atoms with Gasteiger partial charge in [-0.2, -0.15) is 5.10 Å². The molecule has 2 heterocycles. The van der Waals surface area contributed by atoms with Crippen molar-refractivity contribution in [2.24, 2.45) is 5.92 Å². The molecule has 0 saturated carbocycles. The number of fused-ring (bicyclic) bond motifs is 1. The van der Waals surface area contributed by atoms with E-state index in [9.17, 15) is 4.79 Å². The molecule has 0 spiro atoms. The standard InChI is InChI=1S/C15H23N5OS2/c1-8(2)7-20-14-11(10(5)19-20)6-12(23-14)13(21)17-18-15(22)16-9(3)4/h6,8-9H,7H2,1-5H3,(H,17,21)(H2,16,18,22). The van der Waals surface area contributed by atoms with E-state index in [1.807, 2.05) is 31.5 Å². The fourth-order valence-corrected chi connectivity index (χ4v) is 3.52. The summed E-state index contributed by atoms with van der Waals surface area (Å²) in [5.41, 5.74) is 6.28. The summed E-state index contributed by atoms with van der Waals surface area (Å²) in [6.07, 6.45) is 0. The Labute approximate surface area is 145 Å². The second-order valence-electron chi connectivity index (χ2n) is 6.20. The number of hydrazine groups is 1. The molecule has 6 nitrogen and oxygen atoms in total. The highest BCUT2D eigenvalue weighted by Gasteiger charge is 2.16. The third-order valence-electron chi connectivity index (χ3n) is 3.08. The second-order valence-corrected chi connectivity index (χ2v) is 7.64. The zero-order valence-electron chi connectivity index (χ0n) is 14.1. The summed E-state index contributed by atoms with van der Waals surface area (Å²) in [5.74, 6) is 0.299. The molecule has 2 aromatic rings. The maximum absolute atomic E-state index is 12.3. The number of amides is 1. The van der Waals surface area contributed by atoms with E-state index in [1.165, 1.54) is 11.3 Å². The number of nitrogens with zero attached hydrogens (tertiary/aromatic N) is 2. The lowest BCUT2D eigenvalue weighted by Crippen LogP contribution is -2.48. The molecule has 0 aliphatic heterocycles. The van der Waals surface area contributed by atoms with Gasteiger partial charge in [-0.05, 0) is 45.0 Å². The number of rotatable bonds is 4. The summed E-state index contributed by atoms with van der Waals surface area (Å²) in [4.78, 5) is 13.9. The summed E-state index contributed by atoms with van der Waals surface area (Å²) < 4.78 is 1.98. The molecule has 1 amide bonds. The lowest BCUT2D eigenvalue weighted by molar-refractivity contribution is 0.0947. The van der Waals surface area contributed by atoms with Crippen LogP contribution in [0.5, 0.6) is 0 Å². The Morgan fingerprint density at radius 2 is 2.04 bits per heavy atom. The van der Waals surface area contributed by atoms with Gasteiger partial charge in [-0.3, -0.25) is 20.3 Å². The van der Waals surface area contributed by atoms with Gasteiger partial charge in [0.2, 0.25) is 0 Å². The fourth-order valence-electron chi connectivity index (χ4n) is 2.17. The van der Waals surface area contributed by atoms with Crippen molar-refractivity contribution < 1.29 is 4.79 Å². The lowest BCUT2D eigenvalue weighted by atomic mass is 10.2. The molecule has 2 rings (SSSR count). The molecule has 0 aromatic carbocycles. The van der Waals surface area contributed by atoms with Crippen LogP contribution in [0.1, 0.15) is 43.1 Å². The predicted molar refractivity (Wildman–Crippen MR) is 98.7 cm³/mol. The highest BCUT2D eigenvalue weighted by Crippen LogP contribution is 2.28. The van der Waals surface area contributed by atoms with Crippen molar-refractivity contribution in [3.8, 4) is 0 Å². The molecule has 0 fully saturated rings. The van der Waals surface area contributed by atoms with Gasteiger partial charge < -0.3 is 5.32 Å². The van der Waals surface area contributed by atoms with Crippen LogP contribution in [-0.4, -0.2) is 26.8 Å². The van der Waals surface area contributed by atoms with Crippen molar-refractivity contribution in [3.63, 3.8) is 0 Å². The van der Waals surface area contributed by atoms with Crippen LogP contribution in [0.25, 0.3) is 10.2 Å². The van der Waals surface area contributed by atoms with Crippen LogP contribution in [0.2, 0.25) is 0 Å². The number of aromatic nitrogens is 2. The zero-order valence-corrected chi connectivity index (χ0v) is 15.7. The minimum absolute atomic E-state index is 0.199. The van der Waals surface area contributed by atoms with E-state index < -0.39 is 0 Å². The Morgan fingerprint density at radius 3 is 2.65 bits per heavy atom. The van der Waals surface area contributed by atoms with Gasteiger partial charge in [0.25, 0.3) is 5.91 Å². The maximum Gasteiger partial charge on any atom is 0.279 e. The molecular formula is C15H23N5OS2. The Bertz CT molecular complexity index is 717. The zero-order chi connectivity index (χ0) is 17.1. The molecule has 2 aromatic heterocycles. The number of carbonyl (C=O) groups is 1. The number of thiocarbonyl (C=S) groups is 1. The molecule has 0 atom stereocenters. The number of hydrogen-bond donors (Lipinski definition) is 3. The van der Waals surface area contributed by atoms with Crippen LogP contribution in [0.15, 0.2) is 6.07 Å². The minimum Gasteiger partial charge on any atom is -0.359 e. The van der Waals surface area contributed by atoms with Gasteiger partial charge in [0, 0.05) is 18.0 Å². The van der Waals surface area contributed by atoms with Crippen molar-refractivity contribution >= 4 is 44.8 Å². The third-order valence-corrected chi connectivity index (χ3v) is 4.45. The van der Waals surface area contributed by atoms with Crippen LogP contribution >= 0.6 is 23.6 Å². The highest BCUT2D eigenvalue weighted by molar-refractivity contribution is 7.80. The molecule has 0 bridgehead atoms. The normalized spacial score (nSPS) is 11.3. The second kappa shape index (κ2) is 7.27. The van der Waals surface area contributed by atoms with Gasteiger partial charge in [-0.15, -0.1) is 11.3 Å². The molecule has 0 aliphatic rings. The van der Waals surface area contributed by atoms with E-state index in [-0.39, 0.29) is 11.9 Å². The summed E-state index contributed by atoms with van der Waals surface area (Å²) in [6.45, 7) is 11.1. The largest absolute Gasteiger partial charge is 0.359 e. The van der Waals surface area contributed by atoms with Gasteiger partial charge in [0.1, 0.15) is 4.83 Å². The molecule has 0 saturated heterocycles. The lowest BCUT2D eigenvalue weighted by Gasteiger charge is -2.13. The Hall–Kier alpha value is -1.67. The minimum atomic E-state index is -0.199. The molecule has 8 heteroatoms. The van der Waals surface area contributed by atoms with Gasteiger partial charge in [-0.1, -0.05) is 13.8 Å². The maximum atomic E-state index is 12.3. The molecule has 23 heavy (non-hydrogen) atoms. The first-order valence-corrected chi connectivity index (χ1v) is 8.84. The third kappa shape index (κ3) is 4.42. The highest BCUT2D eigenvalue weighted by atomic mass is 32.1. The van der Waals surface area contributed by atoms with Crippen LogP contribution < -0.4 is 16.2 Å². The Kier molecular flexibility index (Phi) is 5.59. The SMILES string of the molecule is Cc1nn(CC(C)C)c2sc(C(=O)NNC(=S)NC(C)C)cc12. The van der Waals surface area contributed by atoms with E-state index in [0.717, 1.165) is 22.5 Å². The molecule has 126 valence electrons. The van der Waals surface area contributed by atoms with Crippen molar-refractivity contribution in [1.82, 2.24) is 25.9 Å². The molecule has 3 N–H and O–H groups in total. The number of thiophene rings is 1. The first-order valence-electron chi connectivity index (χ1n) is 7.61. The van der Waals surface area contributed by atoms with Crippen molar-refractivity contribution in [1.29, 1.82) is 0 Å². The first kappa shape index (κ1) is 17.7. The van der Waals surface area contributed by atoms with Crippen LogP contribution in [0.4, 0.5) is 0 Å². The van der Waals surface area contributed by atoms with Crippen LogP contribution in [0.3, 0.4) is 0 Å². The quantitative estimate of drug-likeness (QED) is 0.582. The summed E-state index contributed by atoms with van der Waals surface area (Å²) >= 11 is 6.53. The number of carbonyl (C=O) groups excluding carboxylic acids is 1. The van der Waals surface area contributed by atoms with Crippen LogP contribution in [-0.2, 0) is 6.54 Å². The van der Waals surface area contributed by atoms with E-state index >= 15 is 0 Å². The smallest absolute Gasteiger partial charge is 0.279 e. The number of nitrogens with one attached hydrogen (secondary N) is 3. The van der Waals surface area contributed by atoms with E-state index in [1.54, 1.807) is 0 Å². The number of hydrogen-bond acceptors (Lipinski definition) is 4. The van der Waals surface area contributed by atoms with Crippen molar-refractivity contribution in [3.05, 3.63) is 16.6 Å². The summed E-state index contributed by atoms with van der Waals surface area (Å²) in [7, 11) is 0. The molecular weight excluding hydrogens is 330 g/mol. The van der Waals surface area contributed by atoms with Crippen LogP contribution in [0, 0.1) is 12.8 Å². The van der Waals surface area contributed by atoms with Gasteiger partial charge >= 0.3 is 0 Å². The number of aryl methyl sites for hydroxylation is 1. The van der Waals surface area contributed by atoms with Gasteiger partial charge in [0.05, 0.1) is 10.6 Å². The Balaban J connectivity index is 2.11. The van der Waals surface area contributed by atoms with Gasteiger partial charge in [0.15, 0.2) is 5.11 Å². The molecule has 0 aliphatic carbocycles. The van der Waals surface area contributed by atoms with E-state index in [0.29, 0.717) is 15.9 Å². The Morgan fingerprint density at radius 1 is 1.35 bits per heavy atom. The average molecular weight is 354 g/mol. The predicted octanol–water partition coefficient (Wildman–Crippen LogP) is 2.58. The summed E-state index contributed by atoms with van der Waals surface area (Å²) in [5, 5.41) is 8.98. The fraction of sp³-hybridized carbons (Fsp3) is 0.533. The topological polar surface area (TPSA) is 71.0 Å². The monoisotopic (exact) mass is 353 g/mol. The van der Waals surface area contributed by atoms with Crippen molar-refractivity contribution in [2.75, 3.05) is 0 Å².